The summed E-state index contributed by atoms with van der Waals surface area (Å²) >= 11 is 3.22. The second kappa shape index (κ2) is 9.66. The molecule has 0 aliphatic heterocycles. The molecular weight excluding hydrogens is 436 g/mol. The van der Waals surface area contributed by atoms with Gasteiger partial charge in [0, 0.05) is 22.7 Å². The molecule has 0 aliphatic carbocycles. The van der Waals surface area contributed by atoms with Gasteiger partial charge in [-0.2, -0.15) is 0 Å². The molecule has 3 rings (SSSR count). The lowest BCUT2D eigenvalue weighted by molar-refractivity contribution is -0.384. The number of carbonyl (C=O) groups excluding carboxylic acids is 1. The third kappa shape index (κ3) is 6.02. The van der Waals surface area contributed by atoms with Gasteiger partial charge in [-0.25, -0.2) is 0 Å². The Labute approximate surface area is 176 Å². The van der Waals surface area contributed by atoms with Crippen LogP contribution in [0.5, 0.6) is 5.75 Å². The number of nitrogens with one attached hydrogen (secondary N) is 1. The van der Waals surface area contributed by atoms with Crippen molar-refractivity contribution in [3.63, 3.8) is 0 Å². The van der Waals surface area contributed by atoms with Gasteiger partial charge in [-0.15, -0.1) is 0 Å². The van der Waals surface area contributed by atoms with E-state index in [1.54, 1.807) is 6.08 Å². The van der Waals surface area contributed by atoms with Crippen molar-refractivity contribution < 1.29 is 14.5 Å². The molecule has 0 saturated carbocycles. The van der Waals surface area contributed by atoms with Gasteiger partial charge in [-0.1, -0.05) is 42.5 Å². The largest absolute Gasteiger partial charge is 0.489 e. The van der Waals surface area contributed by atoms with E-state index >= 15 is 0 Å². The Bertz CT molecular complexity index is 1030. The van der Waals surface area contributed by atoms with E-state index in [4.69, 9.17) is 4.74 Å². The summed E-state index contributed by atoms with van der Waals surface area (Å²) in [6.45, 7) is 0.489. The molecule has 0 bridgehead atoms. The average Bonchev–Trinajstić information content (AvgIpc) is 2.73. The Hall–Kier alpha value is -3.45. The van der Waals surface area contributed by atoms with E-state index < -0.39 is 4.92 Å². The molecule has 1 amide bonds. The Balaban J connectivity index is 1.55. The molecule has 0 unspecified atom stereocenters. The van der Waals surface area contributed by atoms with Crippen LogP contribution in [0.3, 0.4) is 0 Å². The van der Waals surface area contributed by atoms with Crippen molar-refractivity contribution in [3.05, 3.63) is 105 Å². The molecule has 0 atom stereocenters. The zero-order valence-corrected chi connectivity index (χ0v) is 16.8. The highest BCUT2D eigenvalue weighted by Gasteiger charge is 2.10. The van der Waals surface area contributed by atoms with E-state index in [0.29, 0.717) is 16.8 Å². The zero-order valence-electron chi connectivity index (χ0n) is 15.2. The van der Waals surface area contributed by atoms with Gasteiger partial charge in [-0.3, -0.25) is 14.9 Å². The summed E-state index contributed by atoms with van der Waals surface area (Å²) in [4.78, 5) is 22.4. The summed E-state index contributed by atoms with van der Waals surface area (Å²) in [6, 6.07) is 21.4. The van der Waals surface area contributed by atoms with Crippen LogP contribution >= 0.6 is 15.9 Å². The molecule has 0 heterocycles. The Morgan fingerprint density at radius 2 is 1.79 bits per heavy atom. The molecule has 0 saturated heterocycles. The van der Waals surface area contributed by atoms with E-state index in [1.165, 1.54) is 24.3 Å². The lowest BCUT2D eigenvalue weighted by atomic mass is 10.2. The molecule has 0 spiro atoms. The van der Waals surface area contributed by atoms with Gasteiger partial charge in [0.15, 0.2) is 0 Å². The van der Waals surface area contributed by atoms with Crippen molar-refractivity contribution in [2.45, 2.75) is 6.61 Å². The summed E-state index contributed by atoms with van der Waals surface area (Å²) in [6.07, 6.45) is 3.07. The molecule has 146 valence electrons. The van der Waals surface area contributed by atoms with Crippen LogP contribution in [0.2, 0.25) is 0 Å². The molecule has 6 nitrogen and oxygen atoms in total. The normalized spacial score (nSPS) is 10.7. The number of ether oxygens (including phenoxy) is 1. The first-order chi connectivity index (χ1) is 14.0. The minimum atomic E-state index is -0.497. The smallest absolute Gasteiger partial charge is 0.270 e. The summed E-state index contributed by atoms with van der Waals surface area (Å²) in [5.74, 6) is 0.397. The number of rotatable bonds is 7. The first kappa shape index (κ1) is 20.3. The Morgan fingerprint density at radius 1 is 1.07 bits per heavy atom. The minimum absolute atomic E-state index is 0.0556. The minimum Gasteiger partial charge on any atom is -0.489 e. The first-order valence-electron chi connectivity index (χ1n) is 8.71. The number of hydrogen-bond donors (Lipinski definition) is 1. The van der Waals surface area contributed by atoms with Crippen molar-refractivity contribution in [1.29, 1.82) is 0 Å². The van der Waals surface area contributed by atoms with Crippen LogP contribution in [0.15, 0.2) is 83.3 Å². The van der Waals surface area contributed by atoms with E-state index in [1.807, 2.05) is 54.6 Å². The van der Waals surface area contributed by atoms with Gasteiger partial charge in [0.25, 0.3) is 5.69 Å². The lowest BCUT2D eigenvalue weighted by Crippen LogP contribution is -2.08. The molecule has 0 aliphatic rings. The Morgan fingerprint density at radius 3 is 2.45 bits per heavy atom. The van der Waals surface area contributed by atoms with Crippen LogP contribution in [-0.2, 0) is 11.4 Å². The van der Waals surface area contributed by atoms with E-state index in [9.17, 15) is 14.9 Å². The van der Waals surface area contributed by atoms with Crippen molar-refractivity contribution >= 4 is 39.3 Å². The molecule has 7 heteroatoms. The SMILES string of the molecule is O=C(/C=C/c1ccc(OCc2ccccc2)cc1)Nc1ccc([N+](=O)[O-])cc1Br. The van der Waals surface area contributed by atoms with Crippen molar-refractivity contribution in [3.8, 4) is 5.75 Å². The van der Waals surface area contributed by atoms with Gasteiger partial charge in [0.1, 0.15) is 12.4 Å². The number of amides is 1. The fraction of sp³-hybridized carbons (Fsp3) is 0.0455. The predicted molar refractivity (Wildman–Crippen MR) is 116 cm³/mol. The predicted octanol–water partition coefficient (Wildman–Crippen LogP) is 5.59. The Kier molecular flexibility index (Phi) is 6.76. The van der Waals surface area contributed by atoms with Gasteiger partial charge in [0.2, 0.25) is 5.91 Å². The van der Waals surface area contributed by atoms with E-state index in [2.05, 4.69) is 21.2 Å². The fourth-order valence-corrected chi connectivity index (χ4v) is 2.95. The molecule has 1 N–H and O–H groups in total. The number of nitrogens with zero attached hydrogens (tertiary/aromatic N) is 1. The monoisotopic (exact) mass is 452 g/mol. The van der Waals surface area contributed by atoms with Crippen molar-refractivity contribution in [2.75, 3.05) is 5.32 Å². The summed E-state index contributed by atoms with van der Waals surface area (Å²) in [5.41, 5.74) is 2.33. The van der Waals surface area contributed by atoms with Crippen LogP contribution in [0.4, 0.5) is 11.4 Å². The van der Waals surface area contributed by atoms with Gasteiger partial charge >= 0.3 is 0 Å². The van der Waals surface area contributed by atoms with Gasteiger partial charge < -0.3 is 10.1 Å². The molecule has 0 fully saturated rings. The number of carbonyl (C=O) groups is 1. The third-order valence-corrected chi connectivity index (χ3v) is 4.63. The molecule has 0 aromatic heterocycles. The maximum atomic E-state index is 12.1. The quantitative estimate of drug-likeness (QED) is 0.287. The number of hydrogen-bond acceptors (Lipinski definition) is 4. The number of non-ortho nitro benzene ring substituents is 1. The molecule has 0 radical (unpaired) electrons. The highest BCUT2D eigenvalue weighted by molar-refractivity contribution is 9.10. The van der Waals surface area contributed by atoms with Crippen LogP contribution in [0.1, 0.15) is 11.1 Å². The highest BCUT2D eigenvalue weighted by atomic mass is 79.9. The molecule has 3 aromatic rings. The summed E-state index contributed by atoms with van der Waals surface area (Å²) < 4.78 is 6.17. The van der Waals surface area contributed by atoms with Crippen LogP contribution in [0, 0.1) is 10.1 Å². The third-order valence-electron chi connectivity index (χ3n) is 3.98. The number of halogens is 1. The lowest BCUT2D eigenvalue weighted by Gasteiger charge is -2.06. The molecule has 29 heavy (non-hydrogen) atoms. The standard InChI is InChI=1S/C22H17BrN2O4/c23-20-14-18(25(27)28)9-12-21(20)24-22(26)13-8-16-6-10-19(11-7-16)29-15-17-4-2-1-3-5-17/h1-14H,15H2,(H,24,26)/b13-8+. The fourth-order valence-electron chi connectivity index (χ4n) is 2.48. The number of anilines is 1. The number of nitro benzene ring substituents is 1. The summed E-state index contributed by atoms with van der Waals surface area (Å²) in [5, 5.41) is 13.4. The van der Waals surface area contributed by atoms with Crippen molar-refractivity contribution in [2.24, 2.45) is 0 Å². The van der Waals surface area contributed by atoms with Crippen molar-refractivity contribution in [1.82, 2.24) is 0 Å². The number of nitro groups is 1. The van der Waals surface area contributed by atoms with E-state index in [0.717, 1.165) is 16.9 Å². The van der Waals surface area contributed by atoms with Crippen LogP contribution in [-0.4, -0.2) is 10.8 Å². The topological polar surface area (TPSA) is 81.5 Å². The summed E-state index contributed by atoms with van der Waals surface area (Å²) in [7, 11) is 0. The average molecular weight is 453 g/mol. The second-order valence-electron chi connectivity index (χ2n) is 6.09. The van der Waals surface area contributed by atoms with Gasteiger partial charge in [-0.05, 0) is 51.3 Å². The van der Waals surface area contributed by atoms with Crippen LogP contribution < -0.4 is 10.1 Å². The molecule has 3 aromatic carbocycles. The second-order valence-corrected chi connectivity index (χ2v) is 6.94. The zero-order chi connectivity index (χ0) is 20.6. The number of benzene rings is 3. The molecular formula is C22H17BrN2O4. The van der Waals surface area contributed by atoms with Gasteiger partial charge in [0.05, 0.1) is 10.6 Å². The van der Waals surface area contributed by atoms with E-state index in [-0.39, 0.29) is 11.6 Å². The first-order valence-corrected chi connectivity index (χ1v) is 9.50. The van der Waals surface area contributed by atoms with Crippen LogP contribution in [0.25, 0.3) is 6.08 Å². The highest BCUT2D eigenvalue weighted by Crippen LogP contribution is 2.27. The maximum absolute atomic E-state index is 12.1. The maximum Gasteiger partial charge on any atom is 0.270 e.